The van der Waals surface area contributed by atoms with Crippen LogP contribution in [0.4, 0.5) is 0 Å². The lowest BCUT2D eigenvalue weighted by atomic mass is 10.5. The first-order valence-electron chi connectivity index (χ1n) is 2.32. The summed E-state index contributed by atoms with van der Waals surface area (Å²) in [5.41, 5.74) is 0. The second-order valence-corrected chi connectivity index (χ2v) is 4.41. The molecule has 0 atom stereocenters. The van der Waals surface area contributed by atoms with E-state index in [1.165, 1.54) is 0 Å². The summed E-state index contributed by atoms with van der Waals surface area (Å²) < 4.78 is 4.42. The second kappa shape index (κ2) is 4.61. The molecule has 0 heterocycles. The number of hydrogen-bond acceptors (Lipinski definition) is 2. The predicted molar refractivity (Wildman–Crippen MR) is 40.0 cm³/mol. The Hall–Kier alpha value is 0.820. The van der Waals surface area contributed by atoms with Crippen LogP contribution in [0.1, 0.15) is 6.42 Å². The standard InChI is InChI=1S/C3H8ClO3PS/c4-2-1-3-7-8(5,6)9/h1-3H2,(H2,5,6,9). The van der Waals surface area contributed by atoms with E-state index in [9.17, 15) is 0 Å². The minimum absolute atomic E-state index is 0.216. The van der Waals surface area contributed by atoms with Crippen LogP contribution in [-0.4, -0.2) is 22.3 Å². The molecule has 0 amide bonds. The van der Waals surface area contributed by atoms with Gasteiger partial charge in [0.2, 0.25) is 0 Å². The van der Waals surface area contributed by atoms with E-state index in [1.807, 2.05) is 0 Å². The third-order valence-electron chi connectivity index (χ3n) is 0.537. The summed E-state index contributed by atoms with van der Waals surface area (Å²) >= 11 is 9.42. The highest BCUT2D eigenvalue weighted by atomic mass is 35.5. The Bertz CT molecular complexity index is 114. The SMILES string of the molecule is OP(O)(=S)OCCCCl. The van der Waals surface area contributed by atoms with Crippen LogP contribution < -0.4 is 0 Å². The molecule has 0 aliphatic rings. The molecule has 2 N–H and O–H groups in total. The maximum absolute atomic E-state index is 8.46. The summed E-state index contributed by atoms with van der Waals surface area (Å²) in [7, 11) is 0. The van der Waals surface area contributed by atoms with Crippen LogP contribution in [0.25, 0.3) is 0 Å². The average Bonchev–Trinajstić information content (AvgIpc) is 1.63. The maximum Gasteiger partial charge on any atom is 0.321 e. The maximum atomic E-state index is 8.46. The van der Waals surface area contributed by atoms with Crippen molar-refractivity contribution in [1.29, 1.82) is 0 Å². The van der Waals surface area contributed by atoms with Crippen LogP contribution in [0.5, 0.6) is 0 Å². The van der Waals surface area contributed by atoms with Gasteiger partial charge < -0.3 is 14.3 Å². The quantitative estimate of drug-likeness (QED) is 0.392. The molecule has 0 rings (SSSR count). The molecular weight excluding hydrogens is 183 g/mol. The summed E-state index contributed by atoms with van der Waals surface area (Å²) in [6.45, 7) is -3.20. The Kier molecular flexibility index (Phi) is 5.03. The lowest BCUT2D eigenvalue weighted by Crippen LogP contribution is -1.91. The molecule has 9 heavy (non-hydrogen) atoms. The normalized spacial score (nSPS) is 11.9. The van der Waals surface area contributed by atoms with Crippen LogP contribution >= 0.6 is 18.3 Å². The predicted octanol–water partition coefficient (Wildman–Crippen LogP) is 0.841. The fourth-order valence-corrected chi connectivity index (χ4v) is 0.938. The Morgan fingerprint density at radius 3 is 2.44 bits per heavy atom. The van der Waals surface area contributed by atoms with Crippen molar-refractivity contribution in [3.8, 4) is 0 Å². The van der Waals surface area contributed by atoms with Gasteiger partial charge in [0.25, 0.3) is 0 Å². The summed E-state index contributed by atoms with van der Waals surface area (Å²) in [5, 5.41) is 0. The molecule has 3 nitrogen and oxygen atoms in total. The van der Waals surface area contributed by atoms with Crippen molar-refractivity contribution >= 4 is 30.1 Å². The number of halogens is 1. The lowest BCUT2D eigenvalue weighted by Gasteiger charge is -2.05. The average molecular weight is 191 g/mol. The number of hydrogen-bond donors (Lipinski definition) is 2. The van der Waals surface area contributed by atoms with Gasteiger partial charge in [0.05, 0.1) is 6.61 Å². The summed E-state index contributed by atoms with van der Waals surface area (Å²) in [6, 6.07) is 0. The third-order valence-corrected chi connectivity index (χ3v) is 1.64. The Balaban J connectivity index is 3.18. The summed E-state index contributed by atoms with van der Waals surface area (Å²) in [6.07, 6.45) is 0.584. The topological polar surface area (TPSA) is 49.7 Å². The highest BCUT2D eigenvalue weighted by Gasteiger charge is 2.05. The molecule has 0 spiro atoms. The smallest absolute Gasteiger partial charge is 0.321 e. The van der Waals surface area contributed by atoms with Crippen molar-refractivity contribution in [3.63, 3.8) is 0 Å². The molecule has 6 heteroatoms. The van der Waals surface area contributed by atoms with Crippen molar-refractivity contribution in [1.82, 2.24) is 0 Å². The van der Waals surface area contributed by atoms with E-state index < -0.39 is 6.72 Å². The number of rotatable bonds is 4. The molecule has 0 radical (unpaired) electrons. The van der Waals surface area contributed by atoms with Gasteiger partial charge in [-0.05, 0) is 18.2 Å². The minimum Gasteiger partial charge on any atom is -0.325 e. The zero-order valence-electron chi connectivity index (χ0n) is 4.66. The van der Waals surface area contributed by atoms with E-state index in [0.717, 1.165) is 0 Å². The van der Waals surface area contributed by atoms with Crippen molar-refractivity contribution in [2.75, 3.05) is 12.5 Å². The first-order chi connectivity index (χ1) is 4.06. The van der Waals surface area contributed by atoms with Gasteiger partial charge in [0, 0.05) is 5.88 Å². The molecule has 0 aromatic heterocycles. The molecule has 56 valence electrons. The molecule has 0 aliphatic heterocycles. The minimum atomic E-state index is -3.42. The molecular formula is C3H8ClO3PS. The second-order valence-electron chi connectivity index (χ2n) is 1.37. The van der Waals surface area contributed by atoms with Crippen molar-refractivity contribution < 1.29 is 14.3 Å². The van der Waals surface area contributed by atoms with E-state index >= 15 is 0 Å². The van der Waals surface area contributed by atoms with Crippen molar-refractivity contribution in [3.05, 3.63) is 0 Å². The first kappa shape index (κ1) is 9.82. The summed E-state index contributed by atoms with van der Waals surface area (Å²) in [5.74, 6) is 0.440. The Morgan fingerprint density at radius 2 is 2.11 bits per heavy atom. The monoisotopic (exact) mass is 190 g/mol. The number of alkyl halides is 1. The van der Waals surface area contributed by atoms with Crippen molar-refractivity contribution in [2.24, 2.45) is 0 Å². The van der Waals surface area contributed by atoms with Gasteiger partial charge >= 0.3 is 6.72 Å². The van der Waals surface area contributed by atoms with Crippen molar-refractivity contribution in [2.45, 2.75) is 6.42 Å². The van der Waals surface area contributed by atoms with Crippen LogP contribution in [-0.2, 0) is 16.3 Å². The van der Waals surface area contributed by atoms with E-state index in [0.29, 0.717) is 12.3 Å². The van der Waals surface area contributed by atoms with E-state index in [2.05, 4.69) is 16.3 Å². The van der Waals surface area contributed by atoms with Crippen LogP contribution in [0.3, 0.4) is 0 Å². The van der Waals surface area contributed by atoms with Gasteiger partial charge in [0.15, 0.2) is 0 Å². The highest BCUT2D eigenvalue weighted by molar-refractivity contribution is 8.06. The largest absolute Gasteiger partial charge is 0.325 e. The fraction of sp³-hybridized carbons (Fsp3) is 1.00. The highest BCUT2D eigenvalue weighted by Crippen LogP contribution is 2.36. The van der Waals surface area contributed by atoms with Crippen LogP contribution in [0.15, 0.2) is 0 Å². The molecule has 0 saturated heterocycles. The van der Waals surface area contributed by atoms with E-state index in [1.54, 1.807) is 0 Å². The van der Waals surface area contributed by atoms with Gasteiger partial charge in [-0.15, -0.1) is 11.6 Å². The molecule has 0 unspecified atom stereocenters. The van der Waals surface area contributed by atoms with Gasteiger partial charge in [-0.2, -0.15) is 0 Å². The molecule has 0 aromatic rings. The molecule has 0 saturated carbocycles. The Labute approximate surface area is 63.9 Å². The lowest BCUT2D eigenvalue weighted by molar-refractivity contribution is 0.252. The molecule has 0 fully saturated rings. The molecule has 0 bridgehead atoms. The molecule has 0 aliphatic carbocycles. The van der Waals surface area contributed by atoms with Crippen LogP contribution in [0, 0.1) is 0 Å². The van der Waals surface area contributed by atoms with Gasteiger partial charge in [0.1, 0.15) is 0 Å². The van der Waals surface area contributed by atoms with E-state index in [-0.39, 0.29) is 6.61 Å². The Morgan fingerprint density at radius 1 is 1.56 bits per heavy atom. The zero-order valence-corrected chi connectivity index (χ0v) is 7.12. The molecule has 0 aromatic carbocycles. The zero-order chi connectivity index (χ0) is 7.33. The summed E-state index contributed by atoms with van der Waals surface area (Å²) in [4.78, 5) is 16.9. The van der Waals surface area contributed by atoms with Crippen LogP contribution in [0.2, 0.25) is 0 Å². The fourth-order valence-electron chi connectivity index (χ4n) is 0.238. The van der Waals surface area contributed by atoms with Gasteiger partial charge in [-0.25, -0.2) is 0 Å². The van der Waals surface area contributed by atoms with Gasteiger partial charge in [-0.3, -0.25) is 0 Å². The van der Waals surface area contributed by atoms with E-state index in [4.69, 9.17) is 21.4 Å². The first-order valence-corrected chi connectivity index (χ1v) is 5.48. The van der Waals surface area contributed by atoms with Gasteiger partial charge in [-0.1, -0.05) is 0 Å². The third kappa shape index (κ3) is 8.82.